The maximum absolute atomic E-state index is 11.4. The summed E-state index contributed by atoms with van der Waals surface area (Å²) in [5.74, 6) is 0.591. The molecule has 6 nitrogen and oxygen atoms in total. The van der Waals surface area contributed by atoms with Crippen LogP contribution >= 0.6 is 11.3 Å². The number of anilines is 2. The lowest BCUT2D eigenvalue weighted by molar-refractivity contribution is -0.140. The molecule has 2 aromatic heterocycles. The van der Waals surface area contributed by atoms with Gasteiger partial charge in [-0.2, -0.15) is 0 Å². The van der Waals surface area contributed by atoms with E-state index < -0.39 is 0 Å². The summed E-state index contributed by atoms with van der Waals surface area (Å²) in [6, 6.07) is 9.85. The van der Waals surface area contributed by atoms with E-state index in [0.29, 0.717) is 13.0 Å². The Hall–Kier alpha value is -2.80. The summed E-state index contributed by atoms with van der Waals surface area (Å²) in [7, 11) is 3.06. The molecule has 3 rings (SSSR count). The third kappa shape index (κ3) is 4.31. The lowest BCUT2D eigenvalue weighted by Crippen LogP contribution is -2.09. The Morgan fingerprint density at radius 1 is 1.26 bits per heavy atom. The molecule has 0 unspecified atom stereocenters. The molecule has 1 aromatic carbocycles. The highest BCUT2D eigenvalue weighted by Crippen LogP contribution is 2.31. The fourth-order valence-electron chi connectivity index (χ4n) is 2.99. The van der Waals surface area contributed by atoms with Crippen LogP contribution in [0.4, 0.5) is 10.8 Å². The minimum Gasteiger partial charge on any atom is -0.497 e. The maximum Gasteiger partial charge on any atom is 0.307 e. The van der Waals surface area contributed by atoms with Gasteiger partial charge in [0.25, 0.3) is 0 Å². The molecule has 0 aliphatic carbocycles. The normalized spacial score (nSPS) is 10.7. The summed E-state index contributed by atoms with van der Waals surface area (Å²) < 4.78 is 12.1. The zero-order valence-corrected chi connectivity index (χ0v) is 16.7. The van der Waals surface area contributed by atoms with Crippen LogP contribution in [0.1, 0.15) is 17.8 Å². The van der Waals surface area contributed by atoms with E-state index >= 15 is 0 Å². The minimum atomic E-state index is -0.206. The molecule has 0 aliphatic heterocycles. The van der Waals surface area contributed by atoms with Gasteiger partial charge in [0.15, 0.2) is 5.13 Å². The van der Waals surface area contributed by atoms with Crippen molar-refractivity contribution in [3.63, 3.8) is 0 Å². The fourth-order valence-corrected chi connectivity index (χ4v) is 3.72. The SMILES string of the molecule is COC(=O)CCn1c(C)cc(-c2csc(Nc3cccc(OC)c3)n2)c1C. The van der Waals surface area contributed by atoms with Gasteiger partial charge >= 0.3 is 5.97 Å². The number of ether oxygens (including phenoxy) is 2. The Morgan fingerprint density at radius 2 is 2.07 bits per heavy atom. The second kappa shape index (κ2) is 8.26. The van der Waals surface area contributed by atoms with E-state index in [1.165, 1.54) is 7.11 Å². The number of hydrogen-bond acceptors (Lipinski definition) is 6. The van der Waals surface area contributed by atoms with Crippen molar-refractivity contribution >= 4 is 28.1 Å². The molecule has 0 saturated heterocycles. The van der Waals surface area contributed by atoms with E-state index in [1.807, 2.05) is 43.5 Å². The summed E-state index contributed by atoms with van der Waals surface area (Å²) in [4.78, 5) is 16.2. The zero-order valence-electron chi connectivity index (χ0n) is 15.9. The molecule has 0 radical (unpaired) electrons. The number of nitrogens with zero attached hydrogens (tertiary/aromatic N) is 2. The summed E-state index contributed by atoms with van der Waals surface area (Å²) in [5, 5.41) is 6.17. The van der Waals surface area contributed by atoms with E-state index in [-0.39, 0.29) is 5.97 Å². The van der Waals surface area contributed by atoms with Gasteiger partial charge in [-0.1, -0.05) is 6.07 Å². The Morgan fingerprint density at radius 3 is 2.81 bits per heavy atom. The molecule has 27 heavy (non-hydrogen) atoms. The van der Waals surface area contributed by atoms with Gasteiger partial charge in [-0.3, -0.25) is 4.79 Å². The Labute approximate surface area is 162 Å². The predicted molar refractivity (Wildman–Crippen MR) is 108 cm³/mol. The van der Waals surface area contributed by atoms with Crippen molar-refractivity contribution in [2.75, 3.05) is 19.5 Å². The van der Waals surface area contributed by atoms with E-state index in [1.54, 1.807) is 18.4 Å². The van der Waals surface area contributed by atoms with Crippen molar-refractivity contribution in [1.82, 2.24) is 9.55 Å². The van der Waals surface area contributed by atoms with Gasteiger partial charge in [0.1, 0.15) is 5.75 Å². The summed E-state index contributed by atoms with van der Waals surface area (Å²) >= 11 is 1.55. The van der Waals surface area contributed by atoms with Gasteiger partial charge in [-0.25, -0.2) is 4.98 Å². The number of carbonyl (C=O) groups is 1. The van der Waals surface area contributed by atoms with Crippen LogP contribution < -0.4 is 10.1 Å². The molecule has 0 saturated carbocycles. The van der Waals surface area contributed by atoms with Crippen LogP contribution in [0.25, 0.3) is 11.3 Å². The van der Waals surface area contributed by atoms with Crippen molar-refractivity contribution in [2.24, 2.45) is 0 Å². The smallest absolute Gasteiger partial charge is 0.307 e. The van der Waals surface area contributed by atoms with Crippen molar-refractivity contribution in [2.45, 2.75) is 26.8 Å². The third-order valence-corrected chi connectivity index (χ3v) is 5.20. The van der Waals surface area contributed by atoms with E-state index in [0.717, 1.165) is 39.2 Å². The highest BCUT2D eigenvalue weighted by Gasteiger charge is 2.15. The second-order valence-electron chi connectivity index (χ2n) is 6.16. The number of methoxy groups -OCH3 is 2. The van der Waals surface area contributed by atoms with E-state index in [4.69, 9.17) is 14.5 Å². The Kier molecular flexibility index (Phi) is 5.81. The quantitative estimate of drug-likeness (QED) is 0.605. The summed E-state index contributed by atoms with van der Waals surface area (Å²) in [6.45, 7) is 4.69. The molecule has 0 aliphatic rings. The van der Waals surface area contributed by atoms with E-state index in [2.05, 4.69) is 16.0 Å². The second-order valence-corrected chi connectivity index (χ2v) is 7.02. The fraction of sp³-hybridized carbons (Fsp3) is 0.300. The number of aryl methyl sites for hydroxylation is 1. The Bertz CT molecular complexity index is 946. The highest BCUT2D eigenvalue weighted by molar-refractivity contribution is 7.14. The summed E-state index contributed by atoms with van der Waals surface area (Å²) in [5.41, 5.74) is 5.12. The van der Waals surface area contributed by atoms with Crippen molar-refractivity contribution < 1.29 is 14.3 Å². The monoisotopic (exact) mass is 385 g/mol. The highest BCUT2D eigenvalue weighted by atomic mass is 32.1. The van der Waals surface area contributed by atoms with Gasteiger partial charge in [0, 0.05) is 40.6 Å². The number of esters is 1. The molecule has 0 amide bonds. The molecule has 1 N–H and O–H groups in total. The number of thiazole rings is 1. The lowest BCUT2D eigenvalue weighted by atomic mass is 10.2. The standard InChI is InChI=1S/C20H23N3O3S/c1-13-10-17(14(2)23(13)9-8-19(24)26-4)18-12-27-20(22-18)21-15-6-5-7-16(11-15)25-3/h5-7,10-12H,8-9H2,1-4H3,(H,21,22). The summed E-state index contributed by atoms with van der Waals surface area (Å²) in [6.07, 6.45) is 0.353. The van der Waals surface area contributed by atoms with Crippen LogP contribution in [0.3, 0.4) is 0 Å². The number of benzene rings is 1. The number of carbonyl (C=O) groups excluding carboxylic acids is 1. The van der Waals surface area contributed by atoms with Gasteiger partial charge in [0.2, 0.25) is 0 Å². The number of aromatic nitrogens is 2. The first kappa shape index (κ1) is 19.0. The van der Waals surface area contributed by atoms with Crippen molar-refractivity contribution in [3.05, 3.63) is 47.1 Å². The first-order valence-corrected chi connectivity index (χ1v) is 9.50. The number of nitrogens with one attached hydrogen (secondary N) is 1. The topological polar surface area (TPSA) is 65.4 Å². The van der Waals surface area contributed by atoms with Crippen LogP contribution in [0.5, 0.6) is 5.75 Å². The number of rotatable bonds is 7. The van der Waals surface area contributed by atoms with Crippen molar-refractivity contribution in [3.8, 4) is 17.0 Å². The molecule has 7 heteroatoms. The molecule has 0 atom stereocenters. The average Bonchev–Trinajstić information content (AvgIpc) is 3.24. The predicted octanol–water partition coefficient (Wildman–Crippen LogP) is 4.54. The first-order chi connectivity index (χ1) is 13.0. The van der Waals surface area contributed by atoms with Crippen LogP contribution in [0.15, 0.2) is 35.7 Å². The van der Waals surface area contributed by atoms with Gasteiger partial charge < -0.3 is 19.4 Å². The average molecular weight is 385 g/mol. The van der Waals surface area contributed by atoms with Gasteiger partial charge in [0.05, 0.1) is 26.3 Å². The Balaban J connectivity index is 1.79. The van der Waals surface area contributed by atoms with Gasteiger partial charge in [-0.05, 0) is 32.0 Å². The molecular weight excluding hydrogens is 362 g/mol. The van der Waals surface area contributed by atoms with Crippen molar-refractivity contribution in [1.29, 1.82) is 0 Å². The van der Waals surface area contributed by atoms with Crippen LogP contribution in [-0.4, -0.2) is 29.7 Å². The van der Waals surface area contributed by atoms with Crippen LogP contribution in [0, 0.1) is 13.8 Å². The maximum atomic E-state index is 11.4. The lowest BCUT2D eigenvalue weighted by Gasteiger charge is -2.08. The number of hydrogen-bond donors (Lipinski definition) is 1. The van der Waals surface area contributed by atoms with Crippen LogP contribution in [0.2, 0.25) is 0 Å². The molecule has 142 valence electrons. The van der Waals surface area contributed by atoms with Gasteiger partial charge in [-0.15, -0.1) is 11.3 Å². The zero-order chi connectivity index (χ0) is 19.4. The molecule has 0 fully saturated rings. The molecule has 0 bridgehead atoms. The molecule has 3 aromatic rings. The molecular formula is C20H23N3O3S. The third-order valence-electron chi connectivity index (χ3n) is 4.44. The molecule has 2 heterocycles. The first-order valence-electron chi connectivity index (χ1n) is 8.62. The van der Waals surface area contributed by atoms with Crippen LogP contribution in [-0.2, 0) is 16.1 Å². The largest absolute Gasteiger partial charge is 0.497 e. The minimum absolute atomic E-state index is 0.206. The van der Waals surface area contributed by atoms with E-state index in [9.17, 15) is 4.79 Å². The molecule has 0 spiro atoms.